The minimum Gasteiger partial charge on any atom is -0.381 e. The fraction of sp³-hybridized carbons (Fsp3) is 0.417. The zero-order valence-corrected chi connectivity index (χ0v) is 8.88. The smallest absolute Gasteiger partial charge is 0.0991 e. The molecule has 0 aliphatic carbocycles. The third kappa shape index (κ3) is 2.28. The molecule has 1 aromatic carbocycles. The van der Waals surface area contributed by atoms with Crippen LogP contribution < -0.4 is 10.6 Å². The standard InChI is InChI=1S/C12H15N3/c1-9-6-10(7-13)2-3-12(9)15-11-4-5-14-8-11/h2-3,6,11,14-15H,4-5,8H2,1H3. The van der Waals surface area contributed by atoms with Crippen LogP contribution in [0.25, 0.3) is 0 Å². The van der Waals surface area contributed by atoms with E-state index in [1.165, 1.54) is 6.42 Å². The van der Waals surface area contributed by atoms with Crippen LogP contribution in [-0.4, -0.2) is 19.1 Å². The summed E-state index contributed by atoms with van der Waals surface area (Å²) in [4.78, 5) is 0. The van der Waals surface area contributed by atoms with Crippen LogP contribution in [0.3, 0.4) is 0 Å². The quantitative estimate of drug-likeness (QED) is 0.764. The Morgan fingerprint density at radius 1 is 1.53 bits per heavy atom. The lowest BCUT2D eigenvalue weighted by molar-refractivity contribution is 0.792. The molecule has 0 saturated carbocycles. The van der Waals surface area contributed by atoms with Gasteiger partial charge < -0.3 is 10.6 Å². The minimum atomic E-state index is 0.525. The molecule has 0 aromatic heterocycles. The van der Waals surface area contributed by atoms with E-state index in [1.807, 2.05) is 25.1 Å². The normalized spacial score (nSPS) is 19.9. The first-order chi connectivity index (χ1) is 7.29. The highest BCUT2D eigenvalue weighted by Crippen LogP contribution is 2.18. The van der Waals surface area contributed by atoms with Crippen molar-refractivity contribution in [1.29, 1.82) is 5.26 Å². The van der Waals surface area contributed by atoms with Gasteiger partial charge in [0.05, 0.1) is 11.6 Å². The van der Waals surface area contributed by atoms with Crippen LogP contribution >= 0.6 is 0 Å². The van der Waals surface area contributed by atoms with Gasteiger partial charge in [0.25, 0.3) is 0 Å². The maximum Gasteiger partial charge on any atom is 0.0991 e. The molecule has 3 nitrogen and oxygen atoms in total. The molecule has 1 saturated heterocycles. The van der Waals surface area contributed by atoms with Gasteiger partial charge in [-0.1, -0.05) is 0 Å². The van der Waals surface area contributed by atoms with Crippen molar-refractivity contribution in [2.45, 2.75) is 19.4 Å². The molecule has 0 amide bonds. The Morgan fingerprint density at radius 2 is 2.40 bits per heavy atom. The van der Waals surface area contributed by atoms with Crippen molar-refractivity contribution in [3.8, 4) is 6.07 Å². The van der Waals surface area contributed by atoms with Crippen LogP contribution in [0.5, 0.6) is 0 Å². The number of hydrogen-bond donors (Lipinski definition) is 2. The largest absolute Gasteiger partial charge is 0.381 e. The lowest BCUT2D eigenvalue weighted by atomic mass is 10.1. The number of anilines is 1. The van der Waals surface area contributed by atoms with Gasteiger partial charge in [-0.3, -0.25) is 0 Å². The molecule has 1 aliphatic rings. The van der Waals surface area contributed by atoms with Gasteiger partial charge in [-0.05, 0) is 43.7 Å². The number of nitrogens with zero attached hydrogens (tertiary/aromatic N) is 1. The van der Waals surface area contributed by atoms with E-state index >= 15 is 0 Å². The van der Waals surface area contributed by atoms with E-state index in [0.29, 0.717) is 6.04 Å². The predicted molar refractivity (Wildman–Crippen MR) is 60.8 cm³/mol. The zero-order chi connectivity index (χ0) is 10.7. The third-order valence-corrected chi connectivity index (χ3v) is 2.78. The summed E-state index contributed by atoms with van der Waals surface area (Å²) >= 11 is 0. The SMILES string of the molecule is Cc1cc(C#N)ccc1NC1CCNC1. The Bertz CT molecular complexity index is 386. The number of nitrogens with one attached hydrogen (secondary N) is 2. The van der Waals surface area contributed by atoms with Crippen molar-refractivity contribution < 1.29 is 0 Å². The molecule has 1 unspecified atom stereocenters. The molecule has 1 atom stereocenters. The predicted octanol–water partition coefficient (Wildman–Crippen LogP) is 1.64. The maximum absolute atomic E-state index is 8.76. The molecule has 3 heteroatoms. The Morgan fingerprint density at radius 3 is 3.00 bits per heavy atom. The lowest BCUT2D eigenvalue weighted by Gasteiger charge is -2.15. The van der Waals surface area contributed by atoms with Crippen LogP contribution in [0.2, 0.25) is 0 Å². The summed E-state index contributed by atoms with van der Waals surface area (Å²) in [5.41, 5.74) is 3.01. The second kappa shape index (κ2) is 4.33. The average molecular weight is 201 g/mol. The summed E-state index contributed by atoms with van der Waals surface area (Å²) in [5, 5.41) is 15.6. The molecule has 15 heavy (non-hydrogen) atoms. The highest BCUT2D eigenvalue weighted by Gasteiger charge is 2.14. The summed E-state index contributed by atoms with van der Waals surface area (Å²) in [6.07, 6.45) is 1.17. The Labute approximate surface area is 90.1 Å². The zero-order valence-electron chi connectivity index (χ0n) is 8.88. The molecule has 1 fully saturated rings. The van der Waals surface area contributed by atoms with Crippen LogP contribution in [0.4, 0.5) is 5.69 Å². The van der Waals surface area contributed by atoms with Gasteiger partial charge >= 0.3 is 0 Å². The van der Waals surface area contributed by atoms with Gasteiger partial charge in [0.1, 0.15) is 0 Å². The Kier molecular flexibility index (Phi) is 2.89. The molecule has 78 valence electrons. The van der Waals surface area contributed by atoms with E-state index in [1.54, 1.807) is 0 Å². The number of benzene rings is 1. The molecule has 2 N–H and O–H groups in total. The first-order valence-electron chi connectivity index (χ1n) is 5.27. The lowest BCUT2D eigenvalue weighted by Crippen LogP contribution is -2.22. The molecular weight excluding hydrogens is 186 g/mol. The first kappa shape index (κ1) is 10.0. The number of aryl methyl sites for hydroxylation is 1. The molecule has 2 rings (SSSR count). The fourth-order valence-corrected chi connectivity index (χ4v) is 1.89. The highest BCUT2D eigenvalue weighted by atomic mass is 15.0. The van der Waals surface area contributed by atoms with Crippen LogP contribution in [0.15, 0.2) is 18.2 Å². The number of rotatable bonds is 2. The van der Waals surface area contributed by atoms with Gasteiger partial charge in [-0.2, -0.15) is 5.26 Å². The monoisotopic (exact) mass is 201 g/mol. The minimum absolute atomic E-state index is 0.525. The summed E-state index contributed by atoms with van der Waals surface area (Å²) in [5.74, 6) is 0. The Hall–Kier alpha value is -1.53. The second-order valence-corrected chi connectivity index (χ2v) is 3.98. The van der Waals surface area contributed by atoms with Gasteiger partial charge in [0.2, 0.25) is 0 Å². The van der Waals surface area contributed by atoms with E-state index in [2.05, 4.69) is 16.7 Å². The second-order valence-electron chi connectivity index (χ2n) is 3.98. The van der Waals surface area contributed by atoms with Crippen molar-refractivity contribution in [1.82, 2.24) is 5.32 Å². The summed E-state index contributed by atoms with van der Waals surface area (Å²) < 4.78 is 0. The van der Waals surface area contributed by atoms with E-state index < -0.39 is 0 Å². The molecule has 1 aromatic rings. The topological polar surface area (TPSA) is 47.9 Å². The molecule has 0 spiro atoms. The van der Waals surface area contributed by atoms with Gasteiger partial charge in [0, 0.05) is 18.3 Å². The molecule has 1 aliphatic heterocycles. The van der Waals surface area contributed by atoms with Crippen LogP contribution in [0, 0.1) is 18.3 Å². The summed E-state index contributed by atoms with van der Waals surface area (Å²) in [6.45, 7) is 4.15. The molecule has 0 radical (unpaired) electrons. The number of nitriles is 1. The van der Waals surface area contributed by atoms with Crippen molar-refractivity contribution in [3.05, 3.63) is 29.3 Å². The van der Waals surface area contributed by atoms with Crippen LogP contribution in [-0.2, 0) is 0 Å². The fourth-order valence-electron chi connectivity index (χ4n) is 1.89. The van der Waals surface area contributed by atoms with E-state index in [-0.39, 0.29) is 0 Å². The van der Waals surface area contributed by atoms with E-state index in [0.717, 1.165) is 29.9 Å². The van der Waals surface area contributed by atoms with Gasteiger partial charge in [0.15, 0.2) is 0 Å². The third-order valence-electron chi connectivity index (χ3n) is 2.78. The highest BCUT2D eigenvalue weighted by molar-refractivity contribution is 5.54. The molecule has 0 bridgehead atoms. The Balaban J connectivity index is 2.11. The van der Waals surface area contributed by atoms with Crippen LogP contribution in [0.1, 0.15) is 17.5 Å². The maximum atomic E-state index is 8.76. The average Bonchev–Trinajstić information content (AvgIpc) is 2.74. The van der Waals surface area contributed by atoms with Crippen molar-refractivity contribution in [2.75, 3.05) is 18.4 Å². The summed E-state index contributed by atoms with van der Waals surface area (Å²) in [6, 6.07) is 8.45. The van der Waals surface area contributed by atoms with E-state index in [9.17, 15) is 0 Å². The number of hydrogen-bond acceptors (Lipinski definition) is 3. The van der Waals surface area contributed by atoms with Gasteiger partial charge in [-0.15, -0.1) is 0 Å². The van der Waals surface area contributed by atoms with Crippen molar-refractivity contribution in [2.24, 2.45) is 0 Å². The van der Waals surface area contributed by atoms with Crippen molar-refractivity contribution in [3.63, 3.8) is 0 Å². The molecule has 1 heterocycles. The van der Waals surface area contributed by atoms with Crippen molar-refractivity contribution >= 4 is 5.69 Å². The molecular formula is C12H15N3. The van der Waals surface area contributed by atoms with E-state index in [4.69, 9.17) is 5.26 Å². The first-order valence-corrected chi connectivity index (χ1v) is 5.27. The van der Waals surface area contributed by atoms with Gasteiger partial charge in [-0.25, -0.2) is 0 Å². The summed E-state index contributed by atoms with van der Waals surface area (Å²) in [7, 11) is 0.